The fraction of sp³-hybridized carbons (Fsp3) is 0.462. The molecule has 1 aromatic rings. The van der Waals surface area contributed by atoms with E-state index < -0.39 is 27.3 Å². The highest BCUT2D eigenvalue weighted by Crippen LogP contribution is 2.32. The topological polar surface area (TPSA) is 113 Å². The first-order valence-corrected chi connectivity index (χ1v) is 7.58. The minimum absolute atomic E-state index is 0.211. The molecule has 0 radical (unpaired) electrons. The van der Waals surface area contributed by atoms with Crippen LogP contribution in [0.25, 0.3) is 0 Å². The van der Waals surface area contributed by atoms with Crippen LogP contribution in [0.2, 0.25) is 0 Å². The lowest BCUT2D eigenvalue weighted by Gasteiger charge is -2.20. The van der Waals surface area contributed by atoms with Crippen molar-refractivity contribution in [2.45, 2.75) is 31.7 Å². The van der Waals surface area contributed by atoms with Crippen molar-refractivity contribution in [3.63, 3.8) is 0 Å². The SMILES string of the molecule is CCCS[C@H]([C@H](OC(C)=O)c1cccc([N+](=O)[O-])c1)[N+](=O)[O-]. The summed E-state index contributed by atoms with van der Waals surface area (Å²) in [6, 6.07) is 5.35. The van der Waals surface area contributed by atoms with Crippen LogP contribution < -0.4 is 0 Å². The zero-order valence-electron chi connectivity index (χ0n) is 12.1. The van der Waals surface area contributed by atoms with Gasteiger partial charge in [-0.3, -0.25) is 25.0 Å². The molecule has 0 saturated carbocycles. The third-order valence-corrected chi connectivity index (χ3v) is 4.07. The number of nitro benzene ring substituents is 1. The van der Waals surface area contributed by atoms with E-state index in [9.17, 15) is 25.0 Å². The molecule has 120 valence electrons. The normalized spacial score (nSPS) is 13.2. The average Bonchev–Trinajstić information content (AvgIpc) is 2.45. The number of hydrogen-bond donors (Lipinski definition) is 0. The number of non-ortho nitro benzene ring substituents is 1. The van der Waals surface area contributed by atoms with Crippen LogP contribution in [0.3, 0.4) is 0 Å². The number of esters is 1. The molecule has 0 fully saturated rings. The van der Waals surface area contributed by atoms with E-state index >= 15 is 0 Å². The van der Waals surface area contributed by atoms with Crippen LogP contribution in [-0.4, -0.2) is 26.9 Å². The average molecular weight is 328 g/mol. The van der Waals surface area contributed by atoms with Gasteiger partial charge in [0.05, 0.1) is 4.92 Å². The van der Waals surface area contributed by atoms with E-state index in [4.69, 9.17) is 4.74 Å². The van der Waals surface area contributed by atoms with Gasteiger partial charge in [-0.2, -0.15) is 0 Å². The Morgan fingerprint density at radius 3 is 2.55 bits per heavy atom. The first-order chi connectivity index (χ1) is 10.4. The minimum Gasteiger partial charge on any atom is -0.449 e. The van der Waals surface area contributed by atoms with Crippen LogP contribution in [0.4, 0.5) is 5.69 Å². The first-order valence-electron chi connectivity index (χ1n) is 6.53. The molecule has 9 heteroatoms. The fourth-order valence-electron chi connectivity index (χ4n) is 1.78. The van der Waals surface area contributed by atoms with Crippen LogP contribution in [0.1, 0.15) is 31.9 Å². The van der Waals surface area contributed by atoms with Gasteiger partial charge in [-0.05, 0) is 12.2 Å². The molecule has 0 aliphatic rings. The number of carbonyl (C=O) groups excluding carboxylic acids is 1. The summed E-state index contributed by atoms with van der Waals surface area (Å²) in [7, 11) is 0. The zero-order chi connectivity index (χ0) is 16.7. The maximum Gasteiger partial charge on any atom is 0.303 e. The van der Waals surface area contributed by atoms with E-state index in [0.29, 0.717) is 5.75 Å². The lowest BCUT2D eigenvalue weighted by atomic mass is 10.1. The molecule has 1 rings (SSSR count). The Morgan fingerprint density at radius 2 is 2.05 bits per heavy atom. The first kappa shape index (κ1) is 17.9. The predicted molar refractivity (Wildman–Crippen MR) is 81.1 cm³/mol. The monoisotopic (exact) mass is 328 g/mol. The Kier molecular flexibility index (Phi) is 6.77. The van der Waals surface area contributed by atoms with E-state index in [0.717, 1.165) is 25.1 Å². The standard InChI is InChI=1S/C13H16N2O6S/c1-3-7-22-13(15(19)20)12(21-9(2)16)10-5-4-6-11(8-10)14(17)18/h4-6,8,12-13H,3,7H2,1-2H3/t12-,13-/m1/s1. The third-order valence-electron chi connectivity index (χ3n) is 2.66. The molecule has 0 unspecified atom stereocenters. The lowest BCUT2D eigenvalue weighted by Crippen LogP contribution is -2.28. The van der Waals surface area contributed by atoms with Crippen molar-refractivity contribution in [3.8, 4) is 0 Å². The molecule has 0 aliphatic heterocycles. The molecule has 8 nitrogen and oxygen atoms in total. The number of ether oxygens (including phenoxy) is 1. The van der Waals surface area contributed by atoms with E-state index in [1.54, 1.807) is 0 Å². The molecule has 0 heterocycles. The second-order valence-corrected chi connectivity index (χ2v) is 5.65. The Labute approximate surface area is 131 Å². The van der Waals surface area contributed by atoms with Gasteiger partial charge in [0.1, 0.15) is 0 Å². The zero-order valence-corrected chi connectivity index (χ0v) is 12.9. The van der Waals surface area contributed by atoms with Crippen LogP contribution in [-0.2, 0) is 9.53 Å². The van der Waals surface area contributed by atoms with Crippen LogP contribution in [0, 0.1) is 20.2 Å². The summed E-state index contributed by atoms with van der Waals surface area (Å²) in [5.41, 5.74) is 0.0203. The Balaban J connectivity index is 3.19. The van der Waals surface area contributed by atoms with Gasteiger partial charge in [-0.25, -0.2) is 0 Å². The van der Waals surface area contributed by atoms with Crippen molar-refractivity contribution in [2.75, 3.05) is 5.75 Å². The van der Waals surface area contributed by atoms with E-state index in [2.05, 4.69) is 0 Å². The van der Waals surface area contributed by atoms with E-state index in [-0.39, 0.29) is 11.3 Å². The number of benzene rings is 1. The maximum atomic E-state index is 11.3. The van der Waals surface area contributed by atoms with Gasteiger partial charge in [0.25, 0.3) is 11.1 Å². The fourth-order valence-corrected chi connectivity index (χ4v) is 2.77. The van der Waals surface area contributed by atoms with Crippen LogP contribution >= 0.6 is 11.8 Å². The van der Waals surface area contributed by atoms with Crippen molar-refractivity contribution >= 4 is 23.4 Å². The molecule has 0 aromatic heterocycles. The largest absolute Gasteiger partial charge is 0.449 e. The lowest BCUT2D eigenvalue weighted by molar-refractivity contribution is -0.507. The van der Waals surface area contributed by atoms with Gasteiger partial charge in [0.2, 0.25) is 6.10 Å². The molecular weight excluding hydrogens is 312 g/mol. The molecule has 0 aliphatic carbocycles. The molecule has 0 saturated heterocycles. The molecular formula is C13H16N2O6S. The number of carbonyl (C=O) groups is 1. The molecule has 2 atom stereocenters. The number of hydrogen-bond acceptors (Lipinski definition) is 7. The summed E-state index contributed by atoms with van der Waals surface area (Å²) in [6.07, 6.45) is -0.458. The molecule has 0 bridgehead atoms. The summed E-state index contributed by atoms with van der Waals surface area (Å²) < 4.78 is 5.07. The molecule has 0 amide bonds. The maximum absolute atomic E-state index is 11.3. The number of rotatable bonds is 8. The summed E-state index contributed by atoms with van der Waals surface area (Å²) >= 11 is 1.04. The van der Waals surface area contributed by atoms with Crippen molar-refractivity contribution in [1.82, 2.24) is 0 Å². The summed E-state index contributed by atoms with van der Waals surface area (Å²) in [4.78, 5) is 32.2. The minimum atomic E-state index is -1.22. The highest BCUT2D eigenvalue weighted by Gasteiger charge is 2.36. The van der Waals surface area contributed by atoms with Gasteiger partial charge >= 0.3 is 5.97 Å². The second-order valence-electron chi connectivity index (χ2n) is 4.43. The summed E-state index contributed by atoms with van der Waals surface area (Å²) in [6.45, 7) is 3.02. The third kappa shape index (κ3) is 4.99. The summed E-state index contributed by atoms with van der Waals surface area (Å²) in [5.74, 6) is -0.168. The van der Waals surface area contributed by atoms with Gasteiger partial charge in [-0.1, -0.05) is 30.8 Å². The van der Waals surface area contributed by atoms with Gasteiger partial charge in [0.15, 0.2) is 0 Å². The molecule has 0 N–H and O–H groups in total. The van der Waals surface area contributed by atoms with Crippen LogP contribution in [0.5, 0.6) is 0 Å². The molecule has 1 aromatic carbocycles. The van der Waals surface area contributed by atoms with Crippen molar-refractivity contribution < 1.29 is 19.4 Å². The Hall–Kier alpha value is -2.16. The second kappa shape index (κ2) is 8.32. The van der Waals surface area contributed by atoms with Crippen molar-refractivity contribution in [2.24, 2.45) is 0 Å². The van der Waals surface area contributed by atoms with Gasteiger partial charge in [0, 0.05) is 29.5 Å². The Bertz CT molecular complexity index is 565. The molecule has 0 spiro atoms. The van der Waals surface area contributed by atoms with Gasteiger partial charge in [-0.15, -0.1) is 0 Å². The van der Waals surface area contributed by atoms with Crippen molar-refractivity contribution in [3.05, 3.63) is 50.1 Å². The van der Waals surface area contributed by atoms with E-state index in [1.165, 1.54) is 24.3 Å². The molecule has 22 heavy (non-hydrogen) atoms. The number of nitrogens with zero attached hydrogens (tertiary/aromatic N) is 2. The number of nitro groups is 2. The van der Waals surface area contributed by atoms with Gasteiger partial charge < -0.3 is 4.74 Å². The smallest absolute Gasteiger partial charge is 0.303 e. The quantitative estimate of drug-likeness (QED) is 0.312. The predicted octanol–water partition coefficient (Wildman–Crippen LogP) is 2.95. The highest BCUT2D eigenvalue weighted by atomic mass is 32.2. The Morgan fingerprint density at radius 1 is 1.36 bits per heavy atom. The van der Waals surface area contributed by atoms with E-state index in [1.807, 2.05) is 6.92 Å². The highest BCUT2D eigenvalue weighted by molar-refractivity contribution is 7.99. The van der Waals surface area contributed by atoms with Crippen molar-refractivity contribution in [1.29, 1.82) is 0 Å². The number of thioether (sulfide) groups is 1. The van der Waals surface area contributed by atoms with Crippen LogP contribution in [0.15, 0.2) is 24.3 Å². The summed E-state index contributed by atoms with van der Waals surface area (Å²) in [5, 5.41) is 20.9.